The molecule has 1 N–H and O–H groups in total. The van der Waals surface area contributed by atoms with E-state index >= 15 is 0 Å². The highest BCUT2D eigenvalue weighted by Gasteiger charge is 2.07. The molecule has 0 atom stereocenters. The van der Waals surface area contributed by atoms with Crippen LogP contribution < -0.4 is 4.74 Å². The molecule has 3 aromatic rings. The topological polar surface area (TPSA) is 53.2 Å². The number of rotatable bonds is 2. The standard InChI is InChI=1S/C17H10FNO2/c18-14-3-6-17(13(7-14)10-19)21-16-5-2-11-1-4-15(20)8-12(11)9-16/h1-9,20H. The maximum atomic E-state index is 13.1. The Kier molecular flexibility index (Phi) is 3.17. The van der Waals surface area contributed by atoms with Crippen molar-refractivity contribution < 1.29 is 14.2 Å². The second-order valence-corrected chi connectivity index (χ2v) is 4.55. The monoisotopic (exact) mass is 279 g/mol. The lowest BCUT2D eigenvalue weighted by atomic mass is 10.1. The van der Waals surface area contributed by atoms with E-state index in [0.29, 0.717) is 11.5 Å². The molecule has 0 saturated carbocycles. The van der Waals surface area contributed by atoms with Crippen molar-refractivity contribution in [2.75, 3.05) is 0 Å². The zero-order valence-corrected chi connectivity index (χ0v) is 10.9. The number of fused-ring (bicyclic) bond motifs is 1. The molecule has 0 aliphatic carbocycles. The zero-order chi connectivity index (χ0) is 14.8. The van der Waals surface area contributed by atoms with Gasteiger partial charge in [-0.3, -0.25) is 0 Å². The van der Waals surface area contributed by atoms with E-state index in [1.54, 1.807) is 30.3 Å². The fourth-order valence-corrected chi connectivity index (χ4v) is 2.08. The van der Waals surface area contributed by atoms with Crippen molar-refractivity contribution >= 4 is 10.8 Å². The largest absolute Gasteiger partial charge is 0.508 e. The Bertz CT molecular complexity index is 868. The fourth-order valence-electron chi connectivity index (χ4n) is 2.08. The highest BCUT2D eigenvalue weighted by molar-refractivity contribution is 5.85. The van der Waals surface area contributed by atoms with Crippen LogP contribution in [-0.4, -0.2) is 5.11 Å². The van der Waals surface area contributed by atoms with Crippen molar-refractivity contribution in [3.05, 3.63) is 66.0 Å². The summed E-state index contributed by atoms with van der Waals surface area (Å²) in [4.78, 5) is 0. The van der Waals surface area contributed by atoms with Gasteiger partial charge in [0.05, 0.1) is 5.56 Å². The van der Waals surface area contributed by atoms with Crippen LogP contribution in [0.15, 0.2) is 54.6 Å². The highest BCUT2D eigenvalue weighted by atomic mass is 19.1. The third-order valence-electron chi connectivity index (χ3n) is 3.09. The molecule has 4 heteroatoms. The van der Waals surface area contributed by atoms with E-state index in [9.17, 15) is 9.50 Å². The van der Waals surface area contributed by atoms with Gasteiger partial charge in [0.2, 0.25) is 0 Å². The van der Waals surface area contributed by atoms with Gasteiger partial charge in [0.25, 0.3) is 0 Å². The number of hydrogen-bond donors (Lipinski definition) is 1. The van der Waals surface area contributed by atoms with E-state index in [1.807, 2.05) is 12.1 Å². The average Bonchev–Trinajstić information content (AvgIpc) is 2.48. The number of phenols is 1. The van der Waals surface area contributed by atoms with E-state index in [1.165, 1.54) is 12.1 Å². The summed E-state index contributed by atoms with van der Waals surface area (Å²) in [6, 6.07) is 16.1. The van der Waals surface area contributed by atoms with Gasteiger partial charge < -0.3 is 9.84 Å². The Morgan fingerprint density at radius 2 is 1.76 bits per heavy atom. The maximum absolute atomic E-state index is 13.1. The van der Waals surface area contributed by atoms with Crippen LogP contribution in [0.3, 0.4) is 0 Å². The number of ether oxygens (including phenoxy) is 1. The molecule has 0 aliphatic heterocycles. The molecule has 3 rings (SSSR count). The van der Waals surface area contributed by atoms with Crippen LogP contribution in [0.25, 0.3) is 10.8 Å². The van der Waals surface area contributed by atoms with Gasteiger partial charge in [-0.05, 0) is 53.2 Å². The minimum Gasteiger partial charge on any atom is -0.508 e. The first-order valence-corrected chi connectivity index (χ1v) is 6.26. The molecular weight excluding hydrogens is 269 g/mol. The summed E-state index contributed by atoms with van der Waals surface area (Å²) in [6.07, 6.45) is 0. The lowest BCUT2D eigenvalue weighted by molar-refractivity contribution is 0.475. The number of nitrogens with zero attached hydrogens (tertiary/aromatic N) is 1. The molecule has 0 spiro atoms. The van der Waals surface area contributed by atoms with E-state index in [0.717, 1.165) is 16.8 Å². The third-order valence-corrected chi connectivity index (χ3v) is 3.09. The van der Waals surface area contributed by atoms with Crippen LogP contribution in [0.1, 0.15) is 5.56 Å². The minimum atomic E-state index is -0.484. The first-order chi connectivity index (χ1) is 10.2. The number of nitriles is 1. The van der Waals surface area contributed by atoms with E-state index in [4.69, 9.17) is 10.00 Å². The van der Waals surface area contributed by atoms with E-state index in [-0.39, 0.29) is 11.3 Å². The predicted molar refractivity (Wildman–Crippen MR) is 76.8 cm³/mol. The predicted octanol–water partition coefficient (Wildman–Crippen LogP) is 4.35. The summed E-state index contributed by atoms with van der Waals surface area (Å²) in [6.45, 7) is 0. The van der Waals surface area contributed by atoms with Crippen molar-refractivity contribution in [3.8, 4) is 23.3 Å². The molecule has 21 heavy (non-hydrogen) atoms. The summed E-state index contributed by atoms with van der Waals surface area (Å²) in [5.41, 5.74) is 0.131. The summed E-state index contributed by atoms with van der Waals surface area (Å²) in [5, 5.41) is 20.3. The van der Waals surface area contributed by atoms with Crippen LogP contribution in [0.2, 0.25) is 0 Å². The number of halogens is 1. The molecule has 0 unspecified atom stereocenters. The van der Waals surface area contributed by atoms with Gasteiger partial charge in [-0.15, -0.1) is 0 Å². The van der Waals surface area contributed by atoms with Crippen LogP contribution in [0.5, 0.6) is 17.2 Å². The van der Waals surface area contributed by atoms with E-state index in [2.05, 4.69) is 0 Å². The van der Waals surface area contributed by atoms with Crippen molar-refractivity contribution in [3.63, 3.8) is 0 Å². The van der Waals surface area contributed by atoms with Crippen LogP contribution in [0.4, 0.5) is 4.39 Å². The molecule has 0 radical (unpaired) electrons. The van der Waals surface area contributed by atoms with Crippen molar-refractivity contribution in [1.82, 2.24) is 0 Å². The highest BCUT2D eigenvalue weighted by Crippen LogP contribution is 2.29. The summed E-state index contributed by atoms with van der Waals surface area (Å²) >= 11 is 0. The van der Waals surface area contributed by atoms with Crippen LogP contribution in [0, 0.1) is 17.1 Å². The van der Waals surface area contributed by atoms with E-state index < -0.39 is 5.82 Å². The minimum absolute atomic E-state index is 0.131. The Hall–Kier alpha value is -3.06. The molecule has 0 aliphatic rings. The molecule has 102 valence electrons. The molecule has 3 aromatic carbocycles. The number of aromatic hydroxyl groups is 1. The Morgan fingerprint density at radius 1 is 0.952 bits per heavy atom. The second-order valence-electron chi connectivity index (χ2n) is 4.55. The summed E-state index contributed by atoms with van der Waals surface area (Å²) in [7, 11) is 0. The van der Waals surface area contributed by atoms with Gasteiger partial charge >= 0.3 is 0 Å². The lowest BCUT2D eigenvalue weighted by Gasteiger charge is -2.08. The van der Waals surface area contributed by atoms with Crippen molar-refractivity contribution in [1.29, 1.82) is 5.26 Å². The normalized spacial score (nSPS) is 10.3. The average molecular weight is 279 g/mol. The molecule has 0 fully saturated rings. The quantitative estimate of drug-likeness (QED) is 0.758. The van der Waals surface area contributed by atoms with Gasteiger partial charge in [0.1, 0.15) is 29.1 Å². The third kappa shape index (κ3) is 2.63. The zero-order valence-electron chi connectivity index (χ0n) is 10.9. The summed E-state index contributed by atoms with van der Waals surface area (Å²) in [5.74, 6) is 0.482. The van der Waals surface area contributed by atoms with Gasteiger partial charge in [-0.25, -0.2) is 4.39 Å². The van der Waals surface area contributed by atoms with Crippen molar-refractivity contribution in [2.24, 2.45) is 0 Å². The number of phenolic OH excluding ortho intramolecular Hbond substituents is 1. The second kappa shape index (κ2) is 5.14. The number of hydrogen-bond acceptors (Lipinski definition) is 3. The van der Waals surface area contributed by atoms with Gasteiger partial charge in [-0.1, -0.05) is 12.1 Å². The maximum Gasteiger partial charge on any atom is 0.145 e. The lowest BCUT2D eigenvalue weighted by Crippen LogP contribution is -1.89. The fraction of sp³-hybridized carbons (Fsp3) is 0. The molecule has 0 aromatic heterocycles. The van der Waals surface area contributed by atoms with Crippen LogP contribution in [-0.2, 0) is 0 Å². The van der Waals surface area contributed by atoms with Gasteiger partial charge in [-0.2, -0.15) is 5.26 Å². The molecule has 0 saturated heterocycles. The molecule has 3 nitrogen and oxygen atoms in total. The Morgan fingerprint density at radius 3 is 2.57 bits per heavy atom. The molecular formula is C17H10FNO2. The first-order valence-electron chi connectivity index (χ1n) is 6.26. The van der Waals surface area contributed by atoms with Crippen LogP contribution >= 0.6 is 0 Å². The molecule has 0 amide bonds. The first kappa shape index (κ1) is 12.9. The smallest absolute Gasteiger partial charge is 0.145 e. The van der Waals surface area contributed by atoms with Gasteiger partial charge in [0, 0.05) is 0 Å². The molecule has 0 heterocycles. The summed E-state index contributed by atoms with van der Waals surface area (Å²) < 4.78 is 18.7. The van der Waals surface area contributed by atoms with Crippen molar-refractivity contribution in [2.45, 2.75) is 0 Å². The van der Waals surface area contributed by atoms with Gasteiger partial charge in [0.15, 0.2) is 0 Å². The number of benzene rings is 3. The Labute approximate surface area is 120 Å². The Balaban J connectivity index is 2.00. The SMILES string of the molecule is N#Cc1cc(F)ccc1Oc1ccc2ccc(O)cc2c1. The molecule has 0 bridgehead atoms.